The highest BCUT2D eigenvalue weighted by molar-refractivity contribution is 5.76. The molecule has 20 heavy (non-hydrogen) atoms. The van der Waals surface area contributed by atoms with Crippen molar-refractivity contribution in [3.05, 3.63) is 0 Å². The van der Waals surface area contributed by atoms with E-state index in [9.17, 15) is 4.79 Å². The van der Waals surface area contributed by atoms with Crippen LogP contribution in [0.5, 0.6) is 0 Å². The molecule has 0 spiro atoms. The number of hydrogen-bond donors (Lipinski definition) is 0. The lowest BCUT2D eigenvalue weighted by atomic mass is 9.82. The van der Waals surface area contributed by atoms with E-state index in [1.54, 1.807) is 0 Å². The number of carbonyl (C=O) groups excluding carboxylic acids is 1. The standard InChI is InChI=1S/C18H36O2/c1-7-11-14-17(5,10-4)16(19)20-18(6,13-9-3)15-12-8-2/h7-15H2,1-6H3. The summed E-state index contributed by atoms with van der Waals surface area (Å²) in [5.74, 6) is 0.0144. The highest BCUT2D eigenvalue weighted by Gasteiger charge is 2.37. The molecule has 0 N–H and O–H groups in total. The Morgan fingerprint density at radius 1 is 0.850 bits per heavy atom. The molecule has 0 aromatic heterocycles. The topological polar surface area (TPSA) is 26.3 Å². The average molecular weight is 284 g/mol. The van der Waals surface area contributed by atoms with E-state index in [-0.39, 0.29) is 17.0 Å². The Kier molecular flexibility index (Phi) is 9.16. The smallest absolute Gasteiger partial charge is 0.312 e. The van der Waals surface area contributed by atoms with E-state index < -0.39 is 0 Å². The maximum Gasteiger partial charge on any atom is 0.312 e. The first-order valence-electron chi connectivity index (χ1n) is 8.61. The Balaban J connectivity index is 4.78. The van der Waals surface area contributed by atoms with Gasteiger partial charge in [0, 0.05) is 0 Å². The summed E-state index contributed by atoms with van der Waals surface area (Å²) in [6.07, 6.45) is 9.31. The predicted octanol–water partition coefficient (Wildman–Crippen LogP) is 5.89. The number of carbonyl (C=O) groups is 1. The van der Waals surface area contributed by atoms with E-state index >= 15 is 0 Å². The molecule has 0 aromatic rings. The minimum atomic E-state index is -0.308. The van der Waals surface area contributed by atoms with Crippen LogP contribution in [0.4, 0.5) is 0 Å². The zero-order chi connectivity index (χ0) is 15.6. The summed E-state index contributed by atoms with van der Waals surface area (Å²) in [6, 6.07) is 0. The van der Waals surface area contributed by atoms with Gasteiger partial charge in [-0.1, -0.05) is 53.4 Å². The second-order valence-corrected chi connectivity index (χ2v) is 6.71. The van der Waals surface area contributed by atoms with Gasteiger partial charge in [-0.3, -0.25) is 4.79 Å². The molecule has 0 aromatic carbocycles. The molecule has 0 saturated heterocycles. The lowest BCUT2D eigenvalue weighted by molar-refractivity contribution is -0.172. The molecule has 2 atom stereocenters. The van der Waals surface area contributed by atoms with Crippen molar-refractivity contribution in [2.24, 2.45) is 5.41 Å². The van der Waals surface area contributed by atoms with E-state index in [1.165, 1.54) is 0 Å². The van der Waals surface area contributed by atoms with Crippen molar-refractivity contribution >= 4 is 5.97 Å². The highest BCUT2D eigenvalue weighted by atomic mass is 16.6. The zero-order valence-electron chi connectivity index (χ0n) is 14.7. The molecular weight excluding hydrogens is 248 g/mol. The van der Waals surface area contributed by atoms with Crippen LogP contribution in [0.15, 0.2) is 0 Å². The highest BCUT2D eigenvalue weighted by Crippen LogP contribution is 2.34. The van der Waals surface area contributed by atoms with Gasteiger partial charge in [-0.25, -0.2) is 0 Å². The van der Waals surface area contributed by atoms with E-state index in [4.69, 9.17) is 4.74 Å². The van der Waals surface area contributed by atoms with Crippen LogP contribution < -0.4 is 0 Å². The Morgan fingerprint density at radius 2 is 1.40 bits per heavy atom. The summed E-state index contributed by atoms with van der Waals surface area (Å²) in [7, 11) is 0. The molecule has 2 nitrogen and oxygen atoms in total. The minimum Gasteiger partial charge on any atom is -0.459 e. The molecular formula is C18H36O2. The summed E-state index contributed by atoms with van der Waals surface area (Å²) >= 11 is 0. The van der Waals surface area contributed by atoms with Crippen molar-refractivity contribution in [3.8, 4) is 0 Å². The van der Waals surface area contributed by atoms with Crippen molar-refractivity contribution in [2.45, 2.75) is 105 Å². The van der Waals surface area contributed by atoms with Gasteiger partial charge in [-0.15, -0.1) is 0 Å². The van der Waals surface area contributed by atoms with Gasteiger partial charge in [-0.2, -0.15) is 0 Å². The fourth-order valence-corrected chi connectivity index (χ4v) is 2.64. The first-order valence-corrected chi connectivity index (χ1v) is 8.61. The Hall–Kier alpha value is -0.530. The number of unbranched alkanes of at least 4 members (excludes halogenated alkanes) is 2. The molecule has 0 bridgehead atoms. The molecule has 0 radical (unpaired) electrons. The molecule has 0 heterocycles. The van der Waals surface area contributed by atoms with Crippen LogP contribution >= 0.6 is 0 Å². The molecule has 0 saturated carbocycles. The fraction of sp³-hybridized carbons (Fsp3) is 0.944. The van der Waals surface area contributed by atoms with Crippen LogP contribution in [0.2, 0.25) is 0 Å². The molecule has 0 fully saturated rings. The van der Waals surface area contributed by atoms with Crippen LogP contribution in [0.1, 0.15) is 99.3 Å². The third-order valence-corrected chi connectivity index (χ3v) is 4.53. The SMILES string of the molecule is CCCCC(C)(CCC)OC(=O)C(C)(CC)CCCC. The summed E-state index contributed by atoms with van der Waals surface area (Å²) in [4.78, 5) is 12.6. The van der Waals surface area contributed by atoms with Crippen LogP contribution in [0, 0.1) is 5.41 Å². The molecule has 2 unspecified atom stereocenters. The monoisotopic (exact) mass is 284 g/mol. The van der Waals surface area contributed by atoms with Gasteiger partial charge in [0.05, 0.1) is 5.41 Å². The summed E-state index contributed by atoms with van der Waals surface area (Å²) in [6.45, 7) is 12.8. The molecule has 0 rings (SSSR count). The van der Waals surface area contributed by atoms with Crippen LogP contribution in [-0.2, 0) is 9.53 Å². The first-order chi connectivity index (χ1) is 9.37. The molecule has 0 aliphatic heterocycles. The Morgan fingerprint density at radius 3 is 1.85 bits per heavy atom. The van der Waals surface area contributed by atoms with Crippen molar-refractivity contribution in [2.75, 3.05) is 0 Å². The number of rotatable bonds is 11. The normalized spacial score (nSPS) is 17.3. The minimum absolute atomic E-state index is 0.0144. The van der Waals surface area contributed by atoms with E-state index in [0.717, 1.165) is 57.8 Å². The quantitative estimate of drug-likeness (QED) is 0.442. The van der Waals surface area contributed by atoms with Crippen LogP contribution in [0.3, 0.4) is 0 Å². The molecule has 0 aliphatic rings. The summed E-state index contributed by atoms with van der Waals surface area (Å²) < 4.78 is 5.99. The maximum absolute atomic E-state index is 12.6. The Bertz CT molecular complexity index is 275. The van der Waals surface area contributed by atoms with Crippen molar-refractivity contribution < 1.29 is 9.53 Å². The summed E-state index contributed by atoms with van der Waals surface area (Å²) in [5, 5.41) is 0. The summed E-state index contributed by atoms with van der Waals surface area (Å²) in [5.41, 5.74) is -0.582. The number of ether oxygens (including phenoxy) is 1. The maximum atomic E-state index is 12.6. The van der Waals surface area contributed by atoms with Crippen molar-refractivity contribution in [1.82, 2.24) is 0 Å². The Labute approximate surface area is 126 Å². The third kappa shape index (κ3) is 6.28. The van der Waals surface area contributed by atoms with E-state index in [0.29, 0.717) is 0 Å². The second kappa shape index (κ2) is 9.41. The predicted molar refractivity (Wildman–Crippen MR) is 86.9 cm³/mol. The molecule has 0 amide bonds. The fourth-order valence-electron chi connectivity index (χ4n) is 2.64. The van der Waals surface area contributed by atoms with Crippen molar-refractivity contribution in [3.63, 3.8) is 0 Å². The van der Waals surface area contributed by atoms with Gasteiger partial charge in [0.2, 0.25) is 0 Å². The van der Waals surface area contributed by atoms with Gasteiger partial charge in [-0.05, 0) is 46.0 Å². The lowest BCUT2D eigenvalue weighted by Gasteiger charge is -2.35. The lowest BCUT2D eigenvalue weighted by Crippen LogP contribution is -2.39. The van der Waals surface area contributed by atoms with Crippen molar-refractivity contribution in [1.29, 1.82) is 0 Å². The van der Waals surface area contributed by atoms with Gasteiger partial charge in [0.1, 0.15) is 5.60 Å². The van der Waals surface area contributed by atoms with Gasteiger partial charge in [0.25, 0.3) is 0 Å². The average Bonchev–Trinajstić information content (AvgIpc) is 2.42. The van der Waals surface area contributed by atoms with Crippen LogP contribution in [-0.4, -0.2) is 11.6 Å². The van der Waals surface area contributed by atoms with Gasteiger partial charge in [0.15, 0.2) is 0 Å². The second-order valence-electron chi connectivity index (χ2n) is 6.71. The first kappa shape index (κ1) is 19.5. The largest absolute Gasteiger partial charge is 0.459 e. The van der Waals surface area contributed by atoms with Crippen LogP contribution in [0.25, 0.3) is 0 Å². The molecule has 0 aliphatic carbocycles. The number of hydrogen-bond acceptors (Lipinski definition) is 2. The van der Waals surface area contributed by atoms with E-state index in [1.807, 2.05) is 0 Å². The number of esters is 1. The molecule has 2 heteroatoms. The van der Waals surface area contributed by atoms with Gasteiger partial charge < -0.3 is 4.74 Å². The molecule has 120 valence electrons. The zero-order valence-corrected chi connectivity index (χ0v) is 14.7. The third-order valence-electron chi connectivity index (χ3n) is 4.53. The van der Waals surface area contributed by atoms with E-state index in [2.05, 4.69) is 41.5 Å². The van der Waals surface area contributed by atoms with Gasteiger partial charge >= 0.3 is 5.97 Å².